The minimum absolute atomic E-state index is 0.0221. The van der Waals surface area contributed by atoms with E-state index in [2.05, 4.69) is 5.32 Å². The highest BCUT2D eigenvalue weighted by atomic mass is 32.1. The van der Waals surface area contributed by atoms with Crippen molar-refractivity contribution >= 4 is 29.2 Å². The number of hydrogen-bond donors (Lipinski definition) is 2. The van der Waals surface area contributed by atoms with Crippen LogP contribution in [0, 0.1) is 5.92 Å². The van der Waals surface area contributed by atoms with Gasteiger partial charge < -0.3 is 29.5 Å². The van der Waals surface area contributed by atoms with E-state index in [9.17, 15) is 27.9 Å². The molecule has 3 fully saturated rings. The van der Waals surface area contributed by atoms with E-state index in [1.165, 1.54) is 0 Å². The largest absolute Gasteiger partial charge is 0.542 e. The Morgan fingerprint density at radius 1 is 0.952 bits per heavy atom. The van der Waals surface area contributed by atoms with Crippen molar-refractivity contribution in [3.63, 3.8) is 0 Å². The molecule has 0 spiro atoms. The number of halogens is 3. The second-order valence-corrected chi connectivity index (χ2v) is 11.5. The van der Waals surface area contributed by atoms with Crippen molar-refractivity contribution in [1.82, 2.24) is 5.32 Å². The van der Waals surface area contributed by atoms with E-state index in [4.69, 9.17) is 14.6 Å². The Hall–Kier alpha value is -3.74. The number of alkyl halides is 3. The fourth-order valence-electron chi connectivity index (χ4n) is 5.52. The first kappa shape index (κ1) is 31.2. The number of fused-ring (bicyclic) bond motifs is 3. The summed E-state index contributed by atoms with van der Waals surface area (Å²) in [6.45, 7) is 3.34. The number of benzene rings is 2. The van der Waals surface area contributed by atoms with E-state index >= 15 is 0 Å². The summed E-state index contributed by atoms with van der Waals surface area (Å²) in [6.07, 6.45) is -3.70. The maximum absolute atomic E-state index is 13.6. The van der Waals surface area contributed by atoms with E-state index in [-0.39, 0.29) is 17.9 Å². The summed E-state index contributed by atoms with van der Waals surface area (Å²) in [5.74, 6) is -3.39. The monoisotopic (exact) mass is 604 g/mol. The standard InChI is InChI=1S/C28H30N2O4S.C2HF3O2/c31-26(29-18-24-12-7-17-35-24)20-30-15-13-21(14-16-30)25(19-30)34-27(32)28(33,22-8-3-1-4-9-22)23-10-5-2-6-11-23;3-2(4,5)1(6)7/h1-12,17,21,25,33H,13-16,18-20H2;(H,6,7)/t21?,25-,30?;/m0./s1. The van der Waals surface area contributed by atoms with Gasteiger partial charge in [-0.2, -0.15) is 13.2 Å². The van der Waals surface area contributed by atoms with E-state index in [0.717, 1.165) is 30.8 Å². The zero-order valence-electron chi connectivity index (χ0n) is 22.6. The maximum Gasteiger partial charge on any atom is 0.430 e. The lowest BCUT2D eigenvalue weighted by molar-refractivity contribution is -0.939. The number of amides is 1. The molecule has 0 saturated carbocycles. The predicted octanol–water partition coefficient (Wildman–Crippen LogP) is 2.75. The van der Waals surface area contributed by atoms with Crippen LogP contribution in [0.4, 0.5) is 13.2 Å². The first-order valence-corrected chi connectivity index (χ1v) is 14.3. The van der Waals surface area contributed by atoms with Gasteiger partial charge in [-0.05, 0) is 22.6 Å². The summed E-state index contributed by atoms with van der Waals surface area (Å²) in [6, 6.07) is 21.9. The Labute approximate surface area is 244 Å². The zero-order chi connectivity index (χ0) is 30.4. The number of carboxylic acid groups (broad SMARTS) is 1. The lowest BCUT2D eigenvalue weighted by atomic mass is 9.82. The molecular formula is C30H31F3N2O6S. The van der Waals surface area contributed by atoms with Gasteiger partial charge in [0.1, 0.15) is 12.5 Å². The SMILES string of the molecule is O=C(C[N+]12CCC(CC1)[C@@H](OC(=O)C(O)(c1ccccc1)c1ccccc1)C2)NCc1cccs1.O=C([O-])C(F)(F)F. The minimum Gasteiger partial charge on any atom is -0.542 e. The maximum atomic E-state index is 13.6. The second-order valence-electron chi connectivity index (χ2n) is 10.5. The lowest BCUT2D eigenvalue weighted by Crippen LogP contribution is -2.66. The quantitative estimate of drug-likeness (QED) is 0.302. The van der Waals surface area contributed by atoms with Gasteiger partial charge in [0.15, 0.2) is 12.6 Å². The van der Waals surface area contributed by atoms with Crippen molar-refractivity contribution in [1.29, 1.82) is 0 Å². The molecule has 6 rings (SSSR count). The molecule has 4 heterocycles. The zero-order valence-corrected chi connectivity index (χ0v) is 23.4. The summed E-state index contributed by atoms with van der Waals surface area (Å²) in [7, 11) is 0. The van der Waals surface area contributed by atoms with Gasteiger partial charge in [-0.15, -0.1) is 11.3 Å². The number of ether oxygens (including phenoxy) is 1. The molecule has 2 bridgehead atoms. The van der Waals surface area contributed by atoms with Crippen LogP contribution in [0.1, 0.15) is 28.8 Å². The summed E-state index contributed by atoms with van der Waals surface area (Å²) < 4.78 is 38.3. The van der Waals surface area contributed by atoms with Gasteiger partial charge in [-0.3, -0.25) is 4.79 Å². The number of esters is 1. The molecule has 3 aliphatic heterocycles. The van der Waals surface area contributed by atoms with Crippen LogP contribution in [-0.2, 0) is 31.3 Å². The van der Waals surface area contributed by atoms with Gasteiger partial charge in [-0.25, -0.2) is 4.79 Å². The van der Waals surface area contributed by atoms with Crippen LogP contribution in [0.15, 0.2) is 78.2 Å². The van der Waals surface area contributed by atoms with Crippen molar-refractivity contribution in [2.24, 2.45) is 5.92 Å². The second kappa shape index (κ2) is 13.1. The molecule has 224 valence electrons. The third-order valence-corrected chi connectivity index (χ3v) is 8.61. The van der Waals surface area contributed by atoms with Crippen LogP contribution in [0.5, 0.6) is 0 Å². The fourth-order valence-corrected chi connectivity index (χ4v) is 6.16. The number of carboxylic acids is 1. The van der Waals surface area contributed by atoms with Gasteiger partial charge >= 0.3 is 12.1 Å². The first-order valence-electron chi connectivity index (χ1n) is 13.4. The number of aliphatic carboxylic acids is 1. The van der Waals surface area contributed by atoms with Gasteiger partial charge in [0.05, 0.1) is 19.6 Å². The molecular weight excluding hydrogens is 573 g/mol. The van der Waals surface area contributed by atoms with Gasteiger partial charge in [0.2, 0.25) is 5.60 Å². The summed E-state index contributed by atoms with van der Waals surface area (Å²) in [4.78, 5) is 36.3. The molecule has 3 saturated heterocycles. The van der Waals surface area contributed by atoms with Gasteiger partial charge in [0.25, 0.3) is 5.91 Å². The molecule has 12 heteroatoms. The molecule has 1 atom stereocenters. The van der Waals surface area contributed by atoms with Crippen LogP contribution < -0.4 is 10.4 Å². The number of nitrogens with zero attached hydrogens (tertiary/aromatic N) is 1. The molecule has 0 aliphatic carbocycles. The van der Waals surface area contributed by atoms with E-state index < -0.39 is 23.7 Å². The number of nitrogens with one attached hydrogen (secondary N) is 1. The first-order chi connectivity index (χ1) is 19.9. The van der Waals surface area contributed by atoms with E-state index in [1.54, 1.807) is 59.9 Å². The Morgan fingerprint density at radius 2 is 1.50 bits per heavy atom. The van der Waals surface area contributed by atoms with Crippen LogP contribution in [0.3, 0.4) is 0 Å². The Kier molecular flexibility index (Phi) is 9.70. The highest BCUT2D eigenvalue weighted by Crippen LogP contribution is 2.38. The average Bonchev–Trinajstić information content (AvgIpc) is 3.51. The smallest absolute Gasteiger partial charge is 0.430 e. The lowest BCUT2D eigenvalue weighted by Gasteiger charge is -2.51. The van der Waals surface area contributed by atoms with Gasteiger partial charge in [-0.1, -0.05) is 66.7 Å². The molecule has 1 amide bonds. The molecule has 0 radical (unpaired) electrons. The highest BCUT2D eigenvalue weighted by molar-refractivity contribution is 7.09. The molecule has 3 aromatic rings. The van der Waals surface area contributed by atoms with E-state index in [0.29, 0.717) is 35.2 Å². The molecule has 2 aromatic carbocycles. The number of thiophene rings is 1. The van der Waals surface area contributed by atoms with Crippen molar-refractivity contribution in [3.05, 3.63) is 94.2 Å². The van der Waals surface area contributed by atoms with Crippen LogP contribution in [0.2, 0.25) is 0 Å². The van der Waals surface area contributed by atoms with Crippen molar-refractivity contribution in [3.8, 4) is 0 Å². The predicted molar refractivity (Wildman–Crippen MR) is 145 cm³/mol. The third-order valence-electron chi connectivity index (χ3n) is 7.73. The van der Waals surface area contributed by atoms with E-state index in [1.807, 2.05) is 29.6 Å². The minimum atomic E-state index is -5.19. The molecule has 2 N–H and O–H groups in total. The Bertz CT molecular complexity index is 1300. The van der Waals surface area contributed by atoms with Crippen LogP contribution >= 0.6 is 11.3 Å². The molecule has 42 heavy (non-hydrogen) atoms. The summed E-state index contributed by atoms with van der Waals surface area (Å²) in [5.41, 5.74) is -0.930. The number of rotatable bonds is 8. The third kappa shape index (κ3) is 7.36. The van der Waals surface area contributed by atoms with Gasteiger partial charge in [0, 0.05) is 23.6 Å². The normalized spacial score (nSPS) is 21.5. The summed E-state index contributed by atoms with van der Waals surface area (Å²) in [5, 5.41) is 25.6. The van der Waals surface area contributed by atoms with Crippen molar-refractivity contribution in [2.45, 2.75) is 37.3 Å². The Morgan fingerprint density at radius 3 is 1.98 bits per heavy atom. The Balaban J connectivity index is 0.000000517. The average molecular weight is 605 g/mol. The topological polar surface area (TPSA) is 116 Å². The molecule has 3 aliphatic rings. The molecule has 8 nitrogen and oxygen atoms in total. The van der Waals surface area contributed by atoms with Crippen molar-refractivity contribution in [2.75, 3.05) is 26.2 Å². The highest BCUT2D eigenvalue weighted by Gasteiger charge is 2.51. The molecule has 1 aromatic heterocycles. The number of quaternary nitrogens is 1. The number of carbonyl (C=O) groups excluding carboxylic acids is 3. The fraction of sp³-hybridized carbons (Fsp3) is 0.367. The van der Waals surface area contributed by atoms with Crippen molar-refractivity contribution < 1.29 is 47.0 Å². The number of aliphatic hydroxyl groups is 1. The number of hydrogen-bond acceptors (Lipinski definition) is 7. The number of carbonyl (C=O) groups is 3. The van der Waals surface area contributed by atoms with Crippen LogP contribution in [-0.4, -0.2) is 65.9 Å². The summed E-state index contributed by atoms with van der Waals surface area (Å²) >= 11 is 1.63. The molecule has 0 unspecified atom stereocenters. The number of piperidine rings is 3. The van der Waals surface area contributed by atoms with Crippen LogP contribution in [0.25, 0.3) is 0 Å².